The predicted molar refractivity (Wildman–Crippen MR) is 87.6 cm³/mol. The summed E-state index contributed by atoms with van der Waals surface area (Å²) in [5.41, 5.74) is 2.59. The molecule has 2 saturated heterocycles. The zero-order valence-corrected chi connectivity index (χ0v) is 13.7. The van der Waals surface area contributed by atoms with Gasteiger partial charge in [0, 0.05) is 44.1 Å². The molecule has 2 aromatic rings. The first-order valence-electron chi connectivity index (χ1n) is 8.44. The third-order valence-electron chi connectivity index (χ3n) is 5.13. The summed E-state index contributed by atoms with van der Waals surface area (Å²) in [7, 11) is 0. The van der Waals surface area contributed by atoms with Crippen molar-refractivity contribution in [3.63, 3.8) is 0 Å². The third kappa shape index (κ3) is 2.85. The van der Waals surface area contributed by atoms with E-state index in [1.54, 1.807) is 0 Å². The lowest BCUT2D eigenvalue weighted by atomic mass is 9.79. The van der Waals surface area contributed by atoms with Gasteiger partial charge in [0.05, 0.1) is 6.10 Å². The molecule has 4 rings (SSSR count). The summed E-state index contributed by atoms with van der Waals surface area (Å²) in [6, 6.07) is 8.78. The molecule has 23 heavy (non-hydrogen) atoms. The number of benzene rings is 1. The van der Waals surface area contributed by atoms with Gasteiger partial charge in [0.1, 0.15) is 0 Å². The summed E-state index contributed by atoms with van der Waals surface area (Å²) in [5.74, 6) is 2.16. The minimum absolute atomic E-state index is 0.308. The average Bonchev–Trinajstić information content (AvgIpc) is 3.01. The number of anilines is 1. The van der Waals surface area contributed by atoms with Crippen molar-refractivity contribution < 1.29 is 9.15 Å². The number of aryl methyl sites for hydroxylation is 2. The highest BCUT2D eigenvalue weighted by Crippen LogP contribution is 2.39. The van der Waals surface area contributed by atoms with Crippen LogP contribution in [0.1, 0.15) is 36.1 Å². The molecule has 122 valence electrons. The number of rotatable bonds is 2. The van der Waals surface area contributed by atoms with Crippen LogP contribution in [0.3, 0.4) is 0 Å². The van der Waals surface area contributed by atoms with Crippen LogP contribution < -0.4 is 4.90 Å². The Hall–Kier alpha value is -1.88. The average molecular weight is 313 g/mol. The molecule has 0 bridgehead atoms. The number of piperidine rings is 1. The molecule has 0 spiro atoms. The first kappa shape index (κ1) is 14.7. The largest absolute Gasteiger partial charge is 0.425 e. The van der Waals surface area contributed by atoms with Crippen LogP contribution >= 0.6 is 0 Å². The first-order valence-corrected chi connectivity index (χ1v) is 8.44. The van der Waals surface area contributed by atoms with Crippen LogP contribution in [0.15, 0.2) is 28.7 Å². The SMILES string of the molecule is Cc1ccc(N2CC[C@@H]3OCC[C@H](c4nnc(C)o4)[C@@H]3C2)cc1. The molecule has 1 aromatic heterocycles. The number of hydrogen-bond acceptors (Lipinski definition) is 5. The second kappa shape index (κ2) is 5.96. The van der Waals surface area contributed by atoms with Gasteiger partial charge in [-0.25, -0.2) is 0 Å². The monoisotopic (exact) mass is 313 g/mol. The van der Waals surface area contributed by atoms with Gasteiger partial charge in [-0.15, -0.1) is 10.2 Å². The summed E-state index contributed by atoms with van der Waals surface area (Å²) in [4.78, 5) is 2.46. The highest BCUT2D eigenvalue weighted by Gasteiger charge is 2.41. The maximum Gasteiger partial charge on any atom is 0.220 e. The van der Waals surface area contributed by atoms with Crippen LogP contribution in [-0.2, 0) is 4.74 Å². The van der Waals surface area contributed by atoms with E-state index in [1.165, 1.54) is 11.3 Å². The third-order valence-corrected chi connectivity index (χ3v) is 5.13. The Labute approximate surface area is 136 Å². The predicted octanol–water partition coefficient (Wildman–Crippen LogP) is 3.09. The molecule has 0 N–H and O–H groups in total. The van der Waals surface area contributed by atoms with Crippen LogP contribution in [0, 0.1) is 19.8 Å². The quantitative estimate of drug-likeness (QED) is 0.853. The van der Waals surface area contributed by atoms with E-state index in [2.05, 4.69) is 46.3 Å². The van der Waals surface area contributed by atoms with Gasteiger partial charge in [0.2, 0.25) is 11.8 Å². The fourth-order valence-electron chi connectivity index (χ4n) is 3.87. The van der Waals surface area contributed by atoms with E-state index in [-0.39, 0.29) is 0 Å². The zero-order chi connectivity index (χ0) is 15.8. The summed E-state index contributed by atoms with van der Waals surface area (Å²) < 4.78 is 11.8. The topological polar surface area (TPSA) is 51.4 Å². The second-order valence-corrected chi connectivity index (χ2v) is 6.70. The van der Waals surface area contributed by atoms with Crippen molar-refractivity contribution in [3.8, 4) is 0 Å². The molecule has 0 amide bonds. The van der Waals surface area contributed by atoms with E-state index < -0.39 is 0 Å². The molecular formula is C18H23N3O2. The van der Waals surface area contributed by atoms with Gasteiger partial charge in [-0.3, -0.25) is 0 Å². The molecule has 1 aromatic carbocycles. The second-order valence-electron chi connectivity index (χ2n) is 6.70. The molecule has 0 radical (unpaired) electrons. The van der Waals surface area contributed by atoms with Gasteiger partial charge in [-0.1, -0.05) is 17.7 Å². The van der Waals surface area contributed by atoms with Crippen LogP contribution in [-0.4, -0.2) is 36.0 Å². The minimum atomic E-state index is 0.308. The molecule has 0 aliphatic carbocycles. The molecule has 2 fully saturated rings. The lowest BCUT2D eigenvalue weighted by molar-refractivity contribution is -0.0515. The van der Waals surface area contributed by atoms with Crippen molar-refractivity contribution in [1.82, 2.24) is 10.2 Å². The first-order chi connectivity index (χ1) is 11.2. The molecule has 0 saturated carbocycles. The lowest BCUT2D eigenvalue weighted by Gasteiger charge is -2.44. The Bertz CT molecular complexity index is 667. The van der Waals surface area contributed by atoms with Crippen LogP contribution in [0.25, 0.3) is 0 Å². The van der Waals surface area contributed by atoms with Gasteiger partial charge in [0.25, 0.3) is 0 Å². The van der Waals surface area contributed by atoms with E-state index in [0.717, 1.165) is 38.4 Å². The molecular weight excluding hydrogens is 290 g/mol. The van der Waals surface area contributed by atoms with E-state index in [0.29, 0.717) is 23.8 Å². The van der Waals surface area contributed by atoms with Crippen molar-refractivity contribution in [2.45, 2.75) is 38.7 Å². The molecule has 2 aliphatic heterocycles. The van der Waals surface area contributed by atoms with Gasteiger partial charge in [0.15, 0.2) is 0 Å². The van der Waals surface area contributed by atoms with Crippen molar-refractivity contribution >= 4 is 5.69 Å². The molecule has 3 heterocycles. The van der Waals surface area contributed by atoms with Gasteiger partial charge < -0.3 is 14.1 Å². The van der Waals surface area contributed by atoms with Gasteiger partial charge in [-0.05, 0) is 31.9 Å². The minimum Gasteiger partial charge on any atom is -0.425 e. The van der Waals surface area contributed by atoms with Crippen LogP contribution in [0.5, 0.6) is 0 Å². The molecule has 3 atom stereocenters. The fraction of sp³-hybridized carbons (Fsp3) is 0.556. The lowest BCUT2D eigenvalue weighted by Crippen LogP contribution is -2.49. The van der Waals surface area contributed by atoms with Crippen molar-refractivity contribution in [2.24, 2.45) is 5.92 Å². The Morgan fingerprint density at radius 3 is 2.65 bits per heavy atom. The van der Waals surface area contributed by atoms with Gasteiger partial charge in [-0.2, -0.15) is 0 Å². The summed E-state index contributed by atoms with van der Waals surface area (Å²) in [6.45, 7) is 6.79. The number of nitrogens with zero attached hydrogens (tertiary/aromatic N) is 3. The van der Waals surface area contributed by atoms with E-state index in [4.69, 9.17) is 9.15 Å². The van der Waals surface area contributed by atoms with Gasteiger partial charge >= 0.3 is 0 Å². The number of hydrogen-bond donors (Lipinski definition) is 0. The Kier molecular flexibility index (Phi) is 3.81. The normalized spacial score (nSPS) is 27.7. The van der Waals surface area contributed by atoms with E-state index in [1.807, 2.05) is 6.92 Å². The van der Waals surface area contributed by atoms with Crippen molar-refractivity contribution in [3.05, 3.63) is 41.6 Å². The highest BCUT2D eigenvalue weighted by molar-refractivity contribution is 5.48. The molecule has 5 heteroatoms. The Morgan fingerprint density at radius 2 is 1.91 bits per heavy atom. The van der Waals surface area contributed by atoms with Crippen LogP contribution in [0.4, 0.5) is 5.69 Å². The van der Waals surface area contributed by atoms with Crippen molar-refractivity contribution in [1.29, 1.82) is 0 Å². The van der Waals surface area contributed by atoms with Crippen molar-refractivity contribution in [2.75, 3.05) is 24.6 Å². The maximum atomic E-state index is 6.03. The summed E-state index contributed by atoms with van der Waals surface area (Å²) in [5, 5.41) is 8.29. The summed E-state index contributed by atoms with van der Waals surface area (Å²) in [6.07, 6.45) is 2.33. The Balaban J connectivity index is 1.57. The standard InChI is InChI=1S/C18H23N3O2/c1-12-3-5-14(6-4-12)21-9-7-17-16(11-21)15(8-10-22-17)18-20-19-13(2)23-18/h3-6,15-17H,7-11H2,1-2H3/t15-,16-,17-/m0/s1. The number of fused-ring (bicyclic) bond motifs is 1. The number of aromatic nitrogens is 2. The molecule has 5 nitrogen and oxygen atoms in total. The zero-order valence-electron chi connectivity index (χ0n) is 13.7. The number of ether oxygens (including phenoxy) is 1. The fourth-order valence-corrected chi connectivity index (χ4v) is 3.87. The van der Waals surface area contributed by atoms with E-state index in [9.17, 15) is 0 Å². The van der Waals surface area contributed by atoms with E-state index >= 15 is 0 Å². The molecule has 2 aliphatic rings. The molecule has 0 unspecified atom stereocenters. The highest BCUT2D eigenvalue weighted by atomic mass is 16.5. The van der Waals surface area contributed by atoms with Crippen LogP contribution in [0.2, 0.25) is 0 Å². The maximum absolute atomic E-state index is 6.03. The smallest absolute Gasteiger partial charge is 0.220 e. The summed E-state index contributed by atoms with van der Waals surface area (Å²) >= 11 is 0. The Morgan fingerprint density at radius 1 is 1.09 bits per heavy atom.